The van der Waals surface area contributed by atoms with Gasteiger partial charge in [0.2, 0.25) is 0 Å². The molecule has 1 fully saturated rings. The zero-order chi connectivity index (χ0) is 21.4. The van der Waals surface area contributed by atoms with Crippen molar-refractivity contribution in [3.05, 3.63) is 59.9 Å². The van der Waals surface area contributed by atoms with Crippen molar-refractivity contribution in [2.75, 3.05) is 29.9 Å². The second kappa shape index (κ2) is 7.58. The molecule has 1 unspecified atom stereocenters. The topological polar surface area (TPSA) is 85.1 Å². The van der Waals surface area contributed by atoms with Crippen LogP contribution in [0.4, 0.5) is 24.5 Å². The summed E-state index contributed by atoms with van der Waals surface area (Å²) in [4.78, 5) is 39.9. The number of nitrogens with zero attached hydrogens (tertiary/aromatic N) is 4. The quantitative estimate of drug-likeness (QED) is 0.605. The number of amides is 3. The molecule has 0 saturated carbocycles. The van der Waals surface area contributed by atoms with Gasteiger partial charge in [-0.3, -0.25) is 14.5 Å². The number of hydrogen-bond acceptors (Lipinski definition) is 5. The van der Waals surface area contributed by atoms with Crippen LogP contribution < -0.4 is 10.2 Å². The molecule has 1 saturated heterocycles. The zero-order valence-electron chi connectivity index (χ0n) is 15.4. The summed E-state index contributed by atoms with van der Waals surface area (Å²) in [7, 11) is 0. The smallest absolute Gasteiger partial charge is 0.326 e. The van der Waals surface area contributed by atoms with Gasteiger partial charge in [-0.25, -0.2) is 18.0 Å². The van der Waals surface area contributed by atoms with Crippen LogP contribution in [0.3, 0.4) is 0 Å². The summed E-state index contributed by atoms with van der Waals surface area (Å²) < 4.78 is 40.6. The Hall–Kier alpha value is -3.76. The Kier molecular flexibility index (Phi) is 4.94. The fourth-order valence-corrected chi connectivity index (χ4v) is 3.28. The molecule has 3 amide bonds. The number of benzene rings is 2. The van der Waals surface area contributed by atoms with Crippen molar-refractivity contribution in [1.29, 1.82) is 0 Å². The Balaban J connectivity index is 1.55. The number of anilines is 2. The first-order valence-corrected chi connectivity index (χ1v) is 8.94. The lowest BCUT2D eigenvalue weighted by molar-refractivity contribution is -0.509. The lowest BCUT2D eigenvalue weighted by atomic mass is 10.3. The summed E-state index contributed by atoms with van der Waals surface area (Å²) in [5.41, 5.74) is 0.320. The van der Waals surface area contributed by atoms with Crippen LogP contribution in [0.25, 0.3) is 0 Å². The molecule has 1 N–H and O–H groups in total. The van der Waals surface area contributed by atoms with E-state index >= 15 is 0 Å². The van der Waals surface area contributed by atoms with Crippen LogP contribution in [0.15, 0.2) is 47.6 Å². The van der Waals surface area contributed by atoms with E-state index in [9.17, 15) is 27.6 Å². The number of fused-ring (bicyclic) bond motifs is 1. The van der Waals surface area contributed by atoms with Crippen LogP contribution in [0, 0.1) is 17.5 Å². The minimum atomic E-state index is -0.998. The van der Waals surface area contributed by atoms with E-state index in [1.807, 2.05) is 0 Å². The van der Waals surface area contributed by atoms with E-state index in [0.717, 1.165) is 12.1 Å². The molecule has 30 heavy (non-hydrogen) atoms. The first kappa shape index (κ1) is 19.6. The molecule has 8 nitrogen and oxygen atoms in total. The van der Waals surface area contributed by atoms with Crippen molar-refractivity contribution in [2.24, 2.45) is 5.11 Å². The average molecular weight is 418 g/mol. The first-order valence-electron chi connectivity index (χ1n) is 8.94. The summed E-state index contributed by atoms with van der Waals surface area (Å²) in [6.45, 7) is -0.0421. The second-order valence-corrected chi connectivity index (χ2v) is 6.67. The molecule has 2 heterocycles. The van der Waals surface area contributed by atoms with E-state index in [1.165, 1.54) is 29.2 Å². The van der Waals surface area contributed by atoms with Crippen LogP contribution in [0.2, 0.25) is 0 Å². The third kappa shape index (κ3) is 3.61. The molecule has 0 aromatic heterocycles. The standard InChI is InChI=1S/C19H14F3N5O3/c20-11-1-4-13(5-2-11)25-7-8-26-17(29)18(30)27(24-19(25)26)10-16(28)23-15-6-3-12(21)9-14(15)22/h1-6,9,19H,7-8,10H2/p+1. The number of carbonyl (C=O) groups excluding carboxylic acids is 3. The number of halogens is 3. The highest BCUT2D eigenvalue weighted by molar-refractivity contribution is 6.32. The van der Waals surface area contributed by atoms with Gasteiger partial charge in [-0.1, -0.05) is 0 Å². The average Bonchev–Trinajstić information content (AvgIpc) is 3.12. The van der Waals surface area contributed by atoms with Gasteiger partial charge in [0, 0.05) is 30.0 Å². The monoisotopic (exact) mass is 418 g/mol. The van der Waals surface area contributed by atoms with Crippen LogP contribution >= 0.6 is 0 Å². The molecule has 4 rings (SSSR count). The molecular weight excluding hydrogens is 403 g/mol. The Morgan fingerprint density at radius 2 is 1.70 bits per heavy atom. The molecule has 0 aliphatic carbocycles. The van der Waals surface area contributed by atoms with Gasteiger partial charge in [-0.05, 0) is 41.1 Å². The normalized spacial score (nSPS) is 18.4. The summed E-state index contributed by atoms with van der Waals surface area (Å²) in [6, 6.07) is 8.17. The van der Waals surface area contributed by atoms with Crippen molar-refractivity contribution < 1.29 is 32.3 Å². The van der Waals surface area contributed by atoms with Crippen LogP contribution in [0.1, 0.15) is 0 Å². The van der Waals surface area contributed by atoms with E-state index in [2.05, 4.69) is 10.4 Å². The van der Waals surface area contributed by atoms with Crippen molar-refractivity contribution in [3.8, 4) is 0 Å². The number of carbonyl (C=O) groups is 3. The molecule has 2 aliphatic rings. The van der Waals surface area contributed by atoms with E-state index in [1.54, 1.807) is 4.90 Å². The number of nitrogens with one attached hydrogen (secondary N) is 1. The van der Waals surface area contributed by atoms with Crippen LogP contribution in [0.5, 0.6) is 0 Å². The lowest BCUT2D eigenvalue weighted by Crippen LogP contribution is -2.52. The molecule has 1 atom stereocenters. The molecule has 0 radical (unpaired) electrons. The number of rotatable bonds is 4. The molecule has 11 heteroatoms. The second-order valence-electron chi connectivity index (χ2n) is 6.67. The molecule has 0 bridgehead atoms. The predicted octanol–water partition coefficient (Wildman–Crippen LogP) is 1.68. The predicted molar refractivity (Wildman–Crippen MR) is 96.8 cm³/mol. The van der Waals surface area contributed by atoms with Gasteiger partial charge in [0.15, 0.2) is 0 Å². The fraction of sp³-hybridized carbons (Fsp3) is 0.211. The summed E-state index contributed by atoms with van der Waals surface area (Å²) in [6.07, 6.45) is -0.879. The van der Waals surface area contributed by atoms with Gasteiger partial charge < -0.3 is 10.2 Å². The van der Waals surface area contributed by atoms with Crippen LogP contribution in [-0.2, 0) is 14.4 Å². The molecule has 154 valence electrons. The minimum Gasteiger partial charge on any atom is -0.326 e. The molecule has 2 aromatic carbocycles. The molecule has 0 spiro atoms. The Labute approximate surface area is 168 Å². The Morgan fingerprint density at radius 3 is 2.40 bits per heavy atom. The maximum Gasteiger partial charge on any atom is 0.502 e. The van der Waals surface area contributed by atoms with E-state index in [-0.39, 0.29) is 12.2 Å². The molecule has 2 aliphatic heterocycles. The third-order valence-corrected chi connectivity index (χ3v) is 4.72. The molecular formula is C19H15F3N5O3+. The number of azo groups is 2. The van der Waals surface area contributed by atoms with Gasteiger partial charge in [0.1, 0.15) is 17.5 Å². The Bertz CT molecular complexity index is 1070. The maximum absolute atomic E-state index is 13.7. The van der Waals surface area contributed by atoms with Gasteiger partial charge >= 0.3 is 11.8 Å². The van der Waals surface area contributed by atoms with E-state index in [4.69, 9.17) is 0 Å². The maximum atomic E-state index is 13.7. The SMILES string of the molecule is O=C(C[N+]1=NC2N(CCN2c2ccc(F)cc2)C(=O)C1=O)Nc1ccc(F)cc1F. The summed E-state index contributed by atoms with van der Waals surface area (Å²) >= 11 is 0. The molecule has 2 aromatic rings. The highest BCUT2D eigenvalue weighted by Gasteiger charge is 2.49. The van der Waals surface area contributed by atoms with Gasteiger partial charge in [-0.15, -0.1) is 0 Å². The number of hydrogen-bond donors (Lipinski definition) is 1. The zero-order valence-corrected chi connectivity index (χ0v) is 15.4. The van der Waals surface area contributed by atoms with Crippen molar-refractivity contribution >= 4 is 29.1 Å². The van der Waals surface area contributed by atoms with Gasteiger partial charge in [0.05, 0.1) is 5.69 Å². The first-order chi connectivity index (χ1) is 14.3. The van der Waals surface area contributed by atoms with Crippen molar-refractivity contribution in [3.63, 3.8) is 0 Å². The van der Waals surface area contributed by atoms with Gasteiger partial charge in [0.25, 0.3) is 18.7 Å². The van der Waals surface area contributed by atoms with E-state index < -0.39 is 48.0 Å². The van der Waals surface area contributed by atoms with Crippen LogP contribution in [-0.4, -0.2) is 53.2 Å². The fourth-order valence-electron chi connectivity index (χ4n) is 3.28. The third-order valence-electron chi connectivity index (χ3n) is 4.72. The van der Waals surface area contributed by atoms with E-state index in [0.29, 0.717) is 23.0 Å². The van der Waals surface area contributed by atoms with Gasteiger partial charge in [-0.2, -0.15) is 0 Å². The summed E-state index contributed by atoms with van der Waals surface area (Å²) in [5, 5.41) is 6.39. The highest BCUT2D eigenvalue weighted by atomic mass is 19.1. The lowest BCUT2D eigenvalue weighted by Gasteiger charge is -2.26. The Morgan fingerprint density at radius 1 is 1.03 bits per heavy atom. The largest absolute Gasteiger partial charge is 0.502 e. The highest BCUT2D eigenvalue weighted by Crippen LogP contribution is 2.27. The summed E-state index contributed by atoms with van der Waals surface area (Å²) in [5.74, 6) is -4.86. The minimum absolute atomic E-state index is 0.233. The van der Waals surface area contributed by atoms with Crippen molar-refractivity contribution in [1.82, 2.24) is 4.90 Å². The van der Waals surface area contributed by atoms with Crippen molar-refractivity contribution in [2.45, 2.75) is 6.29 Å².